The molecule has 2 atom stereocenters. The first-order valence-electron chi connectivity index (χ1n) is 6.42. The zero-order valence-corrected chi connectivity index (χ0v) is 11.0. The largest absolute Gasteiger partial charge is 0.420 e. The van der Waals surface area contributed by atoms with Crippen molar-refractivity contribution in [1.82, 2.24) is 10.2 Å². The van der Waals surface area contributed by atoms with E-state index in [0.717, 1.165) is 24.1 Å². The molecule has 0 saturated carbocycles. The predicted octanol–water partition coefficient (Wildman–Crippen LogP) is 1.10. The Labute approximate surface area is 111 Å². The van der Waals surface area contributed by atoms with Crippen molar-refractivity contribution >= 4 is 0 Å². The second kappa shape index (κ2) is 4.00. The van der Waals surface area contributed by atoms with Crippen LogP contribution in [0.25, 0.3) is 0 Å². The molecule has 0 radical (unpaired) electrons. The number of aryl methyl sites for hydroxylation is 1. The van der Waals surface area contributed by atoms with Crippen LogP contribution in [0.4, 0.5) is 0 Å². The number of aromatic amines is 1. The van der Waals surface area contributed by atoms with Crippen molar-refractivity contribution in [2.75, 3.05) is 6.61 Å². The number of rotatable bonds is 1. The molecule has 0 amide bonds. The van der Waals surface area contributed by atoms with Crippen LogP contribution in [0, 0.1) is 11.3 Å². The number of fused-ring (bicyclic) bond motifs is 2. The smallest absolute Gasteiger partial charge is 0.244 e. The van der Waals surface area contributed by atoms with E-state index in [2.05, 4.69) is 16.3 Å². The van der Waals surface area contributed by atoms with Crippen molar-refractivity contribution in [3.63, 3.8) is 0 Å². The van der Waals surface area contributed by atoms with E-state index in [9.17, 15) is 5.26 Å². The molecule has 6 nitrogen and oxygen atoms in total. The molecule has 100 valence electrons. The molecule has 2 aliphatic rings. The van der Waals surface area contributed by atoms with Gasteiger partial charge >= 0.3 is 0 Å². The number of H-pyrrole nitrogens is 1. The quantitative estimate of drug-likeness (QED) is 0.788. The van der Waals surface area contributed by atoms with Gasteiger partial charge in [0.05, 0.1) is 17.1 Å². The monoisotopic (exact) mass is 260 g/mol. The van der Waals surface area contributed by atoms with E-state index in [0.29, 0.717) is 18.1 Å². The van der Waals surface area contributed by atoms with Crippen molar-refractivity contribution in [2.45, 2.75) is 38.2 Å². The van der Waals surface area contributed by atoms with Crippen LogP contribution in [-0.4, -0.2) is 22.9 Å². The molecule has 1 saturated heterocycles. The number of hydrogen-bond acceptors (Lipinski definition) is 5. The Morgan fingerprint density at radius 3 is 3.00 bits per heavy atom. The average molecular weight is 260 g/mol. The van der Waals surface area contributed by atoms with E-state index in [1.54, 1.807) is 0 Å². The summed E-state index contributed by atoms with van der Waals surface area (Å²) in [7, 11) is 0. The number of nitrogens with zero attached hydrogens (tertiary/aromatic N) is 2. The molecule has 0 aliphatic carbocycles. The normalized spacial score (nSPS) is 29.2. The first-order valence-corrected chi connectivity index (χ1v) is 6.42. The fraction of sp³-hybridized carbons (Fsp3) is 0.538. The average Bonchev–Trinajstić information content (AvgIpc) is 2.95. The Morgan fingerprint density at radius 2 is 2.42 bits per heavy atom. The highest BCUT2D eigenvalue weighted by Crippen LogP contribution is 2.51. The third-order valence-corrected chi connectivity index (χ3v) is 4.18. The second-order valence-corrected chi connectivity index (χ2v) is 4.92. The minimum Gasteiger partial charge on any atom is -0.420 e. The van der Waals surface area contributed by atoms with E-state index >= 15 is 0 Å². The molecule has 3 heterocycles. The van der Waals surface area contributed by atoms with Gasteiger partial charge in [-0.15, -0.1) is 5.10 Å². The number of nitrogens with one attached hydrogen (secondary N) is 1. The van der Waals surface area contributed by atoms with Gasteiger partial charge in [-0.25, -0.2) is 0 Å². The number of nitriles is 1. The van der Waals surface area contributed by atoms with E-state index in [1.807, 2.05) is 13.8 Å². The number of nitrogens with two attached hydrogens (primary N) is 1. The van der Waals surface area contributed by atoms with E-state index in [-0.39, 0.29) is 12.0 Å². The molecule has 0 unspecified atom stereocenters. The summed E-state index contributed by atoms with van der Waals surface area (Å²) >= 11 is 0. The maximum absolute atomic E-state index is 9.48. The summed E-state index contributed by atoms with van der Waals surface area (Å²) in [5.74, 6) is 0.618. The first kappa shape index (κ1) is 12.1. The van der Waals surface area contributed by atoms with Crippen molar-refractivity contribution in [1.29, 1.82) is 5.26 Å². The van der Waals surface area contributed by atoms with Crippen LogP contribution in [0.3, 0.4) is 0 Å². The minimum atomic E-state index is -0.523. The zero-order valence-electron chi connectivity index (χ0n) is 11.0. The van der Waals surface area contributed by atoms with Crippen LogP contribution >= 0.6 is 0 Å². The van der Waals surface area contributed by atoms with Crippen molar-refractivity contribution in [2.24, 2.45) is 5.73 Å². The van der Waals surface area contributed by atoms with Gasteiger partial charge in [0.15, 0.2) is 0 Å². The molecule has 19 heavy (non-hydrogen) atoms. The lowest BCUT2D eigenvalue weighted by Crippen LogP contribution is -2.41. The van der Waals surface area contributed by atoms with Gasteiger partial charge in [-0.05, 0) is 19.8 Å². The Bertz CT molecular complexity index is 598. The fourth-order valence-corrected chi connectivity index (χ4v) is 3.20. The Hall–Kier alpha value is -2.00. The summed E-state index contributed by atoms with van der Waals surface area (Å²) < 4.78 is 11.2. The van der Waals surface area contributed by atoms with Gasteiger partial charge in [0.25, 0.3) is 0 Å². The summed E-state index contributed by atoms with van der Waals surface area (Å²) in [5, 5.41) is 16.6. The molecular formula is C13H16N4O2. The second-order valence-electron chi connectivity index (χ2n) is 4.92. The third-order valence-electron chi connectivity index (χ3n) is 4.18. The molecule has 1 aromatic rings. The van der Waals surface area contributed by atoms with Crippen LogP contribution in [0.5, 0.6) is 5.88 Å². The predicted molar refractivity (Wildman–Crippen MR) is 67.1 cm³/mol. The van der Waals surface area contributed by atoms with Gasteiger partial charge in [-0.1, -0.05) is 6.92 Å². The van der Waals surface area contributed by atoms with Gasteiger partial charge < -0.3 is 15.2 Å². The maximum atomic E-state index is 9.48. The van der Waals surface area contributed by atoms with E-state index in [1.165, 1.54) is 0 Å². The Morgan fingerprint density at radius 1 is 1.63 bits per heavy atom. The number of aromatic nitrogens is 2. The van der Waals surface area contributed by atoms with Crippen molar-refractivity contribution in [3.05, 3.63) is 22.7 Å². The lowest BCUT2D eigenvalue weighted by atomic mass is 9.68. The molecule has 3 N–H and O–H groups in total. The molecule has 0 aromatic carbocycles. The van der Waals surface area contributed by atoms with Gasteiger partial charge in [-0.3, -0.25) is 5.10 Å². The van der Waals surface area contributed by atoms with Crippen LogP contribution in [0.2, 0.25) is 0 Å². The summed E-state index contributed by atoms with van der Waals surface area (Å²) in [6.07, 6.45) is 1.39. The lowest BCUT2D eigenvalue weighted by Gasteiger charge is -2.35. The highest BCUT2D eigenvalue weighted by molar-refractivity contribution is 5.55. The summed E-state index contributed by atoms with van der Waals surface area (Å²) in [6, 6.07) is 2.21. The maximum Gasteiger partial charge on any atom is 0.244 e. The highest BCUT2D eigenvalue weighted by atomic mass is 16.5. The molecule has 6 heteroatoms. The molecular weight excluding hydrogens is 244 g/mol. The Kier molecular flexibility index (Phi) is 2.54. The van der Waals surface area contributed by atoms with Crippen molar-refractivity contribution < 1.29 is 9.47 Å². The molecule has 1 fully saturated rings. The first-order chi connectivity index (χ1) is 9.15. The van der Waals surface area contributed by atoms with Crippen LogP contribution in [0.15, 0.2) is 11.5 Å². The zero-order chi connectivity index (χ0) is 13.6. The van der Waals surface area contributed by atoms with Crippen LogP contribution in [-0.2, 0) is 16.6 Å². The molecule has 2 aliphatic heterocycles. The van der Waals surface area contributed by atoms with E-state index < -0.39 is 5.41 Å². The van der Waals surface area contributed by atoms with Gasteiger partial charge in [-0.2, -0.15) is 5.26 Å². The minimum absolute atomic E-state index is 0.119. The number of hydrogen-bond donors (Lipinski definition) is 2. The molecule has 1 aromatic heterocycles. The molecule has 1 spiro atoms. The summed E-state index contributed by atoms with van der Waals surface area (Å²) in [5.41, 5.74) is 7.75. The topological polar surface area (TPSA) is 97.0 Å². The SMILES string of the molecule is CCc1[nH]nc2c1[C@]1(CCO[C@@H]1C)C(C#N)=C(N)O2. The molecule has 0 bridgehead atoms. The lowest BCUT2D eigenvalue weighted by molar-refractivity contribution is 0.0996. The van der Waals surface area contributed by atoms with Crippen molar-refractivity contribution in [3.8, 4) is 11.9 Å². The fourth-order valence-electron chi connectivity index (χ4n) is 3.20. The molecule has 3 rings (SSSR count). The van der Waals surface area contributed by atoms with Crippen LogP contribution in [0.1, 0.15) is 31.5 Å². The Balaban J connectivity index is 2.30. The van der Waals surface area contributed by atoms with Crippen LogP contribution < -0.4 is 10.5 Å². The summed E-state index contributed by atoms with van der Waals surface area (Å²) in [6.45, 7) is 4.61. The summed E-state index contributed by atoms with van der Waals surface area (Å²) in [4.78, 5) is 0. The number of ether oxygens (including phenoxy) is 2. The van der Waals surface area contributed by atoms with Gasteiger partial charge in [0.2, 0.25) is 11.8 Å². The van der Waals surface area contributed by atoms with Gasteiger partial charge in [0, 0.05) is 12.3 Å². The standard InChI is InChI=1S/C13H16N4O2/c1-3-9-10-12(17-16-9)19-11(15)8(6-14)13(10)4-5-18-7(13)2/h7H,3-5,15H2,1-2H3,(H,16,17)/t7-,13+/m1/s1. The van der Waals surface area contributed by atoms with Gasteiger partial charge in [0.1, 0.15) is 11.6 Å². The highest BCUT2D eigenvalue weighted by Gasteiger charge is 2.54. The van der Waals surface area contributed by atoms with E-state index in [4.69, 9.17) is 15.2 Å². The third kappa shape index (κ3) is 1.36.